The van der Waals surface area contributed by atoms with Crippen LogP contribution in [0.15, 0.2) is 18.2 Å². The Morgan fingerprint density at radius 1 is 1.67 bits per heavy atom. The first-order chi connectivity index (χ1) is 7.04. The average molecular weight is 206 g/mol. The van der Waals surface area contributed by atoms with Gasteiger partial charge >= 0.3 is 0 Å². The molecule has 0 spiro atoms. The summed E-state index contributed by atoms with van der Waals surface area (Å²) >= 11 is 0. The largest absolute Gasteiger partial charge is 0.393 e. The molecule has 1 aromatic rings. The molecule has 0 aromatic heterocycles. The number of hydrogen-bond acceptors (Lipinski definition) is 4. The molecule has 1 rings (SSSR count). The fourth-order valence-electron chi connectivity index (χ4n) is 1.30. The van der Waals surface area contributed by atoms with Gasteiger partial charge in [0.25, 0.3) is 5.69 Å². The molecule has 1 aromatic carbocycles. The number of nitriles is 1. The standard InChI is InChI=1S/C10H10N2O3/c1-7(13)4-8-2-3-10(12(14)15)9(5-8)6-11/h2-3,5,7,13H,4H2,1H3. The van der Waals surface area contributed by atoms with Gasteiger partial charge in [-0.15, -0.1) is 0 Å². The molecule has 0 aliphatic carbocycles. The third-order valence-corrected chi connectivity index (χ3v) is 1.91. The maximum absolute atomic E-state index is 10.5. The van der Waals surface area contributed by atoms with Gasteiger partial charge in [0, 0.05) is 6.07 Å². The molecule has 0 fully saturated rings. The molecule has 1 unspecified atom stereocenters. The number of benzene rings is 1. The Labute approximate surface area is 86.7 Å². The van der Waals surface area contributed by atoms with E-state index in [1.165, 1.54) is 12.1 Å². The van der Waals surface area contributed by atoms with Crippen molar-refractivity contribution in [2.75, 3.05) is 0 Å². The van der Waals surface area contributed by atoms with Crippen LogP contribution in [0.2, 0.25) is 0 Å². The van der Waals surface area contributed by atoms with Gasteiger partial charge in [-0.25, -0.2) is 0 Å². The first-order valence-corrected chi connectivity index (χ1v) is 4.40. The highest BCUT2D eigenvalue weighted by atomic mass is 16.6. The molecule has 1 N–H and O–H groups in total. The molecule has 0 heterocycles. The summed E-state index contributed by atoms with van der Waals surface area (Å²) in [5.74, 6) is 0. The summed E-state index contributed by atoms with van der Waals surface area (Å²) in [6.07, 6.45) is -0.148. The number of nitro benzene ring substituents is 1. The molecule has 0 bridgehead atoms. The molecule has 78 valence electrons. The van der Waals surface area contributed by atoms with Gasteiger partial charge in [0.05, 0.1) is 11.0 Å². The van der Waals surface area contributed by atoms with E-state index in [1.54, 1.807) is 19.1 Å². The Kier molecular flexibility index (Phi) is 3.37. The van der Waals surface area contributed by atoms with Crippen LogP contribution in [0.1, 0.15) is 18.1 Å². The van der Waals surface area contributed by atoms with E-state index in [4.69, 9.17) is 10.4 Å². The molecule has 0 amide bonds. The topological polar surface area (TPSA) is 87.2 Å². The number of nitrogens with zero attached hydrogens (tertiary/aromatic N) is 2. The van der Waals surface area contributed by atoms with Gasteiger partial charge in [0.15, 0.2) is 0 Å². The van der Waals surface area contributed by atoms with Crippen molar-refractivity contribution in [1.29, 1.82) is 5.26 Å². The van der Waals surface area contributed by atoms with Crippen LogP contribution in [-0.4, -0.2) is 16.1 Å². The number of hydrogen-bond donors (Lipinski definition) is 1. The molecule has 15 heavy (non-hydrogen) atoms. The van der Waals surface area contributed by atoms with E-state index >= 15 is 0 Å². The van der Waals surface area contributed by atoms with Crippen LogP contribution in [0.25, 0.3) is 0 Å². The van der Waals surface area contributed by atoms with E-state index in [1.807, 2.05) is 0 Å². The van der Waals surface area contributed by atoms with Crippen molar-refractivity contribution < 1.29 is 10.0 Å². The molecule has 0 saturated heterocycles. The van der Waals surface area contributed by atoms with Crippen molar-refractivity contribution >= 4 is 5.69 Å². The zero-order valence-corrected chi connectivity index (χ0v) is 8.17. The van der Waals surface area contributed by atoms with Crippen LogP contribution in [-0.2, 0) is 6.42 Å². The van der Waals surface area contributed by atoms with Gasteiger partial charge in [-0.05, 0) is 25.0 Å². The van der Waals surface area contributed by atoms with Gasteiger partial charge in [-0.2, -0.15) is 5.26 Å². The Balaban J connectivity index is 3.09. The molecule has 1 atom stereocenters. The first-order valence-electron chi connectivity index (χ1n) is 4.40. The highest BCUT2D eigenvalue weighted by molar-refractivity contribution is 5.50. The molecular formula is C10H10N2O3. The maximum Gasteiger partial charge on any atom is 0.287 e. The van der Waals surface area contributed by atoms with Crippen molar-refractivity contribution in [3.05, 3.63) is 39.4 Å². The Hall–Kier alpha value is -1.93. The lowest BCUT2D eigenvalue weighted by molar-refractivity contribution is -0.385. The van der Waals surface area contributed by atoms with Crippen LogP contribution in [0.4, 0.5) is 5.69 Å². The first kappa shape index (κ1) is 11.1. The van der Waals surface area contributed by atoms with Crippen molar-refractivity contribution in [3.8, 4) is 6.07 Å². The van der Waals surface area contributed by atoms with Gasteiger partial charge in [0.2, 0.25) is 0 Å². The molecule has 5 nitrogen and oxygen atoms in total. The zero-order chi connectivity index (χ0) is 11.4. The van der Waals surface area contributed by atoms with Crippen LogP contribution < -0.4 is 0 Å². The summed E-state index contributed by atoms with van der Waals surface area (Å²) in [4.78, 5) is 9.93. The molecule has 0 radical (unpaired) electrons. The number of aliphatic hydroxyl groups is 1. The van der Waals surface area contributed by atoms with E-state index in [0.29, 0.717) is 12.0 Å². The van der Waals surface area contributed by atoms with Crippen molar-refractivity contribution in [1.82, 2.24) is 0 Å². The summed E-state index contributed by atoms with van der Waals surface area (Å²) < 4.78 is 0. The summed E-state index contributed by atoms with van der Waals surface area (Å²) in [6, 6.07) is 6.04. The lowest BCUT2D eigenvalue weighted by atomic mass is 10.0. The lowest BCUT2D eigenvalue weighted by Gasteiger charge is -2.04. The van der Waals surface area contributed by atoms with E-state index in [0.717, 1.165) is 0 Å². The second kappa shape index (κ2) is 4.53. The lowest BCUT2D eigenvalue weighted by Crippen LogP contribution is -2.04. The monoisotopic (exact) mass is 206 g/mol. The van der Waals surface area contributed by atoms with Crippen molar-refractivity contribution in [2.24, 2.45) is 0 Å². The van der Waals surface area contributed by atoms with E-state index < -0.39 is 11.0 Å². The quantitative estimate of drug-likeness (QED) is 0.598. The molecule has 0 aliphatic heterocycles. The van der Waals surface area contributed by atoms with Crippen LogP contribution >= 0.6 is 0 Å². The third-order valence-electron chi connectivity index (χ3n) is 1.91. The second-order valence-corrected chi connectivity index (χ2v) is 3.27. The third kappa shape index (κ3) is 2.76. The van der Waals surface area contributed by atoms with E-state index in [2.05, 4.69) is 0 Å². The van der Waals surface area contributed by atoms with Gasteiger partial charge in [-0.1, -0.05) is 6.07 Å². The zero-order valence-electron chi connectivity index (χ0n) is 8.17. The minimum absolute atomic E-state index is 0.0261. The predicted molar refractivity (Wildman–Crippen MR) is 53.2 cm³/mol. The van der Waals surface area contributed by atoms with Crippen molar-refractivity contribution in [3.63, 3.8) is 0 Å². The average Bonchev–Trinajstić information content (AvgIpc) is 2.16. The molecule has 0 aliphatic rings. The fraction of sp³-hybridized carbons (Fsp3) is 0.300. The number of aliphatic hydroxyl groups excluding tert-OH is 1. The van der Waals surface area contributed by atoms with E-state index in [-0.39, 0.29) is 11.3 Å². The summed E-state index contributed by atoms with van der Waals surface area (Å²) in [5, 5.41) is 28.4. The smallest absolute Gasteiger partial charge is 0.287 e. The Morgan fingerprint density at radius 2 is 2.33 bits per heavy atom. The minimum Gasteiger partial charge on any atom is -0.393 e. The molecular weight excluding hydrogens is 196 g/mol. The van der Waals surface area contributed by atoms with Crippen LogP contribution in [0.5, 0.6) is 0 Å². The van der Waals surface area contributed by atoms with Gasteiger partial charge in [-0.3, -0.25) is 10.1 Å². The highest BCUT2D eigenvalue weighted by Gasteiger charge is 2.13. The maximum atomic E-state index is 10.5. The van der Waals surface area contributed by atoms with Crippen LogP contribution in [0, 0.1) is 21.4 Å². The fourth-order valence-corrected chi connectivity index (χ4v) is 1.30. The molecule has 5 heteroatoms. The summed E-state index contributed by atoms with van der Waals surface area (Å²) in [6.45, 7) is 1.62. The summed E-state index contributed by atoms with van der Waals surface area (Å²) in [7, 11) is 0. The van der Waals surface area contributed by atoms with Gasteiger partial charge in [0.1, 0.15) is 11.6 Å². The van der Waals surface area contributed by atoms with Crippen molar-refractivity contribution in [2.45, 2.75) is 19.4 Å². The minimum atomic E-state index is -0.593. The second-order valence-electron chi connectivity index (χ2n) is 3.27. The Morgan fingerprint density at radius 3 is 2.80 bits per heavy atom. The highest BCUT2D eigenvalue weighted by Crippen LogP contribution is 2.19. The van der Waals surface area contributed by atoms with Gasteiger partial charge < -0.3 is 5.11 Å². The SMILES string of the molecule is CC(O)Cc1ccc([N+](=O)[O-])c(C#N)c1. The number of nitro groups is 1. The molecule has 0 saturated carbocycles. The number of rotatable bonds is 3. The van der Waals surface area contributed by atoms with Crippen LogP contribution in [0.3, 0.4) is 0 Å². The normalized spacial score (nSPS) is 11.8. The summed E-state index contributed by atoms with van der Waals surface area (Å²) in [5.41, 5.74) is 0.539. The Bertz CT molecular complexity index is 421. The van der Waals surface area contributed by atoms with E-state index in [9.17, 15) is 10.1 Å². The predicted octanol–water partition coefficient (Wildman–Crippen LogP) is 1.39.